The summed E-state index contributed by atoms with van der Waals surface area (Å²) >= 11 is 0. The molecule has 1 aromatic heterocycles. The van der Waals surface area contributed by atoms with E-state index in [1.54, 1.807) is 0 Å². The third kappa shape index (κ3) is 0.878. The van der Waals surface area contributed by atoms with E-state index in [1.807, 2.05) is 0 Å². The van der Waals surface area contributed by atoms with E-state index in [-0.39, 0.29) is 5.54 Å². The first-order valence-electron chi connectivity index (χ1n) is 6.75. The van der Waals surface area contributed by atoms with Crippen molar-refractivity contribution in [2.45, 2.75) is 37.6 Å². The third-order valence-electron chi connectivity index (χ3n) is 5.60. The number of nitrogens with zero attached hydrogens (tertiary/aromatic N) is 2. The van der Waals surface area contributed by atoms with Gasteiger partial charge in [0.1, 0.15) is 17.9 Å². The van der Waals surface area contributed by atoms with Crippen molar-refractivity contribution in [3.63, 3.8) is 0 Å². The Labute approximate surface area is 108 Å². The SMILES string of the molecule is C[n+]1ccn2c1-c1ccccc1C1(C)CCC21C. The third-order valence-corrected chi connectivity index (χ3v) is 5.60. The molecule has 0 radical (unpaired) electrons. The molecule has 1 fully saturated rings. The van der Waals surface area contributed by atoms with E-state index >= 15 is 0 Å². The molecule has 1 aliphatic heterocycles. The molecule has 0 spiro atoms. The minimum atomic E-state index is 0.248. The number of rotatable bonds is 0. The second-order valence-corrected chi connectivity index (χ2v) is 6.25. The van der Waals surface area contributed by atoms with Crippen LogP contribution in [-0.4, -0.2) is 4.57 Å². The van der Waals surface area contributed by atoms with Crippen molar-refractivity contribution >= 4 is 0 Å². The average Bonchev–Trinajstić information content (AvgIpc) is 2.76. The fourth-order valence-corrected chi connectivity index (χ4v) is 4.03. The van der Waals surface area contributed by atoms with Crippen molar-refractivity contribution in [1.82, 2.24) is 4.57 Å². The van der Waals surface area contributed by atoms with Crippen LogP contribution in [0.15, 0.2) is 36.7 Å². The van der Waals surface area contributed by atoms with Gasteiger partial charge in [0.15, 0.2) is 0 Å². The van der Waals surface area contributed by atoms with Gasteiger partial charge in [-0.1, -0.05) is 25.1 Å². The first-order valence-corrected chi connectivity index (χ1v) is 6.75. The zero-order chi connectivity index (χ0) is 12.5. The molecular weight excluding hydrogens is 220 g/mol. The van der Waals surface area contributed by atoms with E-state index in [4.69, 9.17) is 0 Å². The van der Waals surface area contributed by atoms with Gasteiger partial charge in [0.05, 0.1) is 12.6 Å². The molecule has 1 aliphatic carbocycles. The van der Waals surface area contributed by atoms with Crippen LogP contribution < -0.4 is 4.57 Å². The van der Waals surface area contributed by atoms with Gasteiger partial charge in [0.25, 0.3) is 5.82 Å². The van der Waals surface area contributed by atoms with Crippen molar-refractivity contribution in [2.75, 3.05) is 0 Å². The molecule has 2 atom stereocenters. The molecule has 1 saturated carbocycles. The van der Waals surface area contributed by atoms with Crippen LogP contribution in [0.5, 0.6) is 0 Å². The van der Waals surface area contributed by atoms with Crippen LogP contribution in [0.2, 0.25) is 0 Å². The fraction of sp³-hybridized carbons (Fsp3) is 0.438. The highest BCUT2D eigenvalue weighted by Gasteiger charge is 2.62. The highest BCUT2D eigenvalue weighted by atomic mass is 15.2. The lowest BCUT2D eigenvalue weighted by atomic mass is 9.51. The summed E-state index contributed by atoms with van der Waals surface area (Å²) in [5.41, 5.74) is 3.48. The molecule has 92 valence electrons. The van der Waals surface area contributed by atoms with Gasteiger partial charge in [-0.2, -0.15) is 0 Å². The summed E-state index contributed by atoms with van der Waals surface area (Å²) in [6.07, 6.45) is 7.01. The van der Waals surface area contributed by atoms with Gasteiger partial charge in [0.2, 0.25) is 0 Å². The Morgan fingerprint density at radius 1 is 1.17 bits per heavy atom. The van der Waals surface area contributed by atoms with E-state index in [2.05, 4.69) is 66.7 Å². The number of fused-ring (bicyclic) bond motifs is 6. The quantitative estimate of drug-likeness (QED) is 0.625. The van der Waals surface area contributed by atoms with E-state index in [1.165, 1.54) is 29.8 Å². The van der Waals surface area contributed by atoms with Crippen LogP contribution in [0, 0.1) is 0 Å². The van der Waals surface area contributed by atoms with E-state index < -0.39 is 0 Å². The zero-order valence-electron chi connectivity index (χ0n) is 11.3. The zero-order valence-corrected chi connectivity index (χ0v) is 11.3. The maximum absolute atomic E-state index is 2.50. The lowest BCUT2D eigenvalue weighted by Gasteiger charge is -2.56. The number of imidazole rings is 1. The number of hydrogen-bond acceptors (Lipinski definition) is 0. The molecule has 2 heteroatoms. The van der Waals surface area contributed by atoms with Crippen LogP contribution in [0.1, 0.15) is 32.3 Å². The van der Waals surface area contributed by atoms with Crippen LogP contribution >= 0.6 is 0 Å². The second-order valence-electron chi connectivity index (χ2n) is 6.25. The Bertz CT molecular complexity index is 655. The van der Waals surface area contributed by atoms with Gasteiger partial charge in [-0.3, -0.25) is 0 Å². The standard InChI is InChI=1S/C16H19N2/c1-15-8-9-16(15,2)18-11-10-17(3)14(18)12-6-4-5-7-13(12)15/h4-7,10-11H,8-9H2,1-3H3/q+1. The monoisotopic (exact) mass is 239 g/mol. The molecule has 2 nitrogen and oxygen atoms in total. The molecular formula is C16H19N2+. The molecule has 2 unspecified atom stereocenters. The lowest BCUT2D eigenvalue weighted by molar-refractivity contribution is -0.660. The second kappa shape index (κ2) is 2.87. The molecule has 0 N–H and O–H groups in total. The highest BCUT2D eigenvalue weighted by Crippen LogP contribution is 2.60. The molecule has 18 heavy (non-hydrogen) atoms. The van der Waals surface area contributed by atoms with Gasteiger partial charge in [-0.25, -0.2) is 9.13 Å². The normalized spacial score (nSPS) is 32.2. The minimum absolute atomic E-state index is 0.248. The van der Waals surface area contributed by atoms with Crippen molar-refractivity contribution in [3.05, 3.63) is 42.2 Å². The van der Waals surface area contributed by atoms with E-state index in [9.17, 15) is 0 Å². The van der Waals surface area contributed by atoms with Crippen LogP contribution in [0.4, 0.5) is 0 Å². The first-order chi connectivity index (χ1) is 8.58. The summed E-state index contributed by atoms with van der Waals surface area (Å²) in [4.78, 5) is 0. The van der Waals surface area contributed by atoms with E-state index in [0.29, 0.717) is 5.41 Å². The highest BCUT2D eigenvalue weighted by molar-refractivity contribution is 5.65. The van der Waals surface area contributed by atoms with Gasteiger partial charge in [-0.05, 0) is 31.4 Å². The summed E-state index contributed by atoms with van der Waals surface area (Å²) in [7, 11) is 2.15. The molecule has 2 aromatic rings. The summed E-state index contributed by atoms with van der Waals surface area (Å²) in [6.45, 7) is 4.84. The Morgan fingerprint density at radius 3 is 2.67 bits per heavy atom. The van der Waals surface area contributed by atoms with Crippen molar-refractivity contribution in [2.24, 2.45) is 7.05 Å². The largest absolute Gasteiger partial charge is 0.289 e. The van der Waals surface area contributed by atoms with Gasteiger partial charge >= 0.3 is 0 Å². The number of hydrogen-bond donors (Lipinski definition) is 0. The smallest absolute Gasteiger partial charge is 0.233 e. The molecule has 2 heterocycles. The predicted octanol–water partition coefficient (Wildman–Crippen LogP) is 2.76. The fourth-order valence-electron chi connectivity index (χ4n) is 4.03. The molecule has 0 amide bonds. The van der Waals surface area contributed by atoms with E-state index in [0.717, 1.165) is 0 Å². The van der Waals surface area contributed by atoms with Gasteiger partial charge in [-0.15, -0.1) is 0 Å². The molecule has 0 bridgehead atoms. The lowest BCUT2D eigenvalue weighted by Crippen LogP contribution is -2.60. The number of aryl methyl sites for hydroxylation is 1. The van der Waals surface area contributed by atoms with Crippen LogP contribution in [0.3, 0.4) is 0 Å². The number of benzene rings is 1. The Balaban J connectivity index is 2.14. The molecule has 4 rings (SSSR count). The Kier molecular flexibility index (Phi) is 1.65. The summed E-state index contributed by atoms with van der Waals surface area (Å²) in [5, 5.41) is 0. The molecule has 2 aliphatic rings. The van der Waals surface area contributed by atoms with Crippen LogP contribution in [0.25, 0.3) is 11.4 Å². The number of aromatic nitrogens is 2. The van der Waals surface area contributed by atoms with Crippen molar-refractivity contribution in [1.29, 1.82) is 0 Å². The average molecular weight is 239 g/mol. The van der Waals surface area contributed by atoms with Crippen LogP contribution in [-0.2, 0) is 18.0 Å². The first kappa shape index (κ1) is 10.4. The Hall–Kier alpha value is -1.57. The van der Waals surface area contributed by atoms with Crippen molar-refractivity contribution in [3.8, 4) is 11.4 Å². The summed E-state index contributed by atoms with van der Waals surface area (Å²) < 4.78 is 4.75. The molecule has 1 aromatic carbocycles. The topological polar surface area (TPSA) is 8.81 Å². The maximum atomic E-state index is 2.50. The predicted molar refractivity (Wildman–Crippen MR) is 71.3 cm³/mol. The summed E-state index contributed by atoms with van der Waals surface area (Å²) in [5.74, 6) is 1.35. The molecule has 0 saturated heterocycles. The minimum Gasteiger partial charge on any atom is -0.233 e. The Morgan fingerprint density at radius 2 is 1.94 bits per heavy atom. The van der Waals surface area contributed by atoms with Gasteiger partial charge < -0.3 is 0 Å². The maximum Gasteiger partial charge on any atom is 0.289 e. The summed E-state index contributed by atoms with van der Waals surface area (Å²) in [6, 6.07) is 8.93. The van der Waals surface area contributed by atoms with Crippen molar-refractivity contribution < 1.29 is 4.57 Å². The van der Waals surface area contributed by atoms with Gasteiger partial charge in [0, 0.05) is 5.41 Å².